The van der Waals surface area contributed by atoms with E-state index in [9.17, 15) is 4.79 Å². The molecule has 0 bridgehead atoms. The van der Waals surface area contributed by atoms with Crippen molar-refractivity contribution in [3.63, 3.8) is 0 Å². The minimum Gasteiger partial charge on any atom is -0.693 e. The molecule has 6 N–H and O–H groups in total. The van der Waals surface area contributed by atoms with Gasteiger partial charge in [0.1, 0.15) is 6.61 Å². The molecular weight excluding hydrogens is 451 g/mol. The fraction of sp³-hybridized carbons (Fsp3) is 0.727. The third kappa shape index (κ3) is 25.9. The molecule has 0 rings (SSSR count). The van der Waals surface area contributed by atoms with Crippen molar-refractivity contribution in [3.05, 3.63) is 11.9 Å². The minimum atomic E-state index is -1.82. The number of carboxylic acids is 2. The van der Waals surface area contributed by atoms with Crippen LogP contribution in [-0.2, 0) is 35.4 Å². The molecule has 0 amide bonds. The summed E-state index contributed by atoms with van der Waals surface area (Å²) >= 11 is 0. The molecule has 0 saturated carbocycles. The van der Waals surface area contributed by atoms with Gasteiger partial charge < -0.3 is 27.2 Å². The molecular formula is C11H22N2O6Pt. The van der Waals surface area contributed by atoms with Crippen LogP contribution in [0.2, 0.25) is 0 Å². The van der Waals surface area contributed by atoms with Gasteiger partial charge in [-0.05, 0) is 6.42 Å². The molecule has 8 nitrogen and oxygen atoms in total. The molecule has 20 heavy (non-hydrogen) atoms. The number of Topliss-reactive ketones (excluding diaryl/α,β-unsaturated/α-hetero) is 1. The number of rotatable bonds is 8. The Morgan fingerprint density at radius 1 is 0.850 bits per heavy atom. The molecule has 0 aliphatic rings. The molecule has 0 radical (unpaired) electrons. The Labute approximate surface area is 132 Å². The Kier molecular flexibility index (Phi) is 28.2. The summed E-state index contributed by atoms with van der Waals surface area (Å²) in [5.41, 5.74) is 6.89. The van der Waals surface area contributed by atoms with Crippen LogP contribution in [0.3, 0.4) is 0 Å². The van der Waals surface area contributed by atoms with Crippen LogP contribution >= 0.6 is 0 Å². The van der Waals surface area contributed by atoms with E-state index in [0.717, 1.165) is 32.1 Å². The van der Waals surface area contributed by atoms with Gasteiger partial charge in [0, 0.05) is 6.42 Å². The van der Waals surface area contributed by atoms with Gasteiger partial charge in [0.05, 0.1) is 0 Å². The smallest absolute Gasteiger partial charge is 0.693 e. The van der Waals surface area contributed by atoms with Crippen molar-refractivity contribution in [2.75, 3.05) is 13.2 Å². The van der Waals surface area contributed by atoms with E-state index in [0.29, 0.717) is 13.0 Å². The van der Waals surface area contributed by atoms with E-state index < -0.39 is 11.9 Å². The van der Waals surface area contributed by atoms with E-state index in [1.54, 1.807) is 0 Å². The van der Waals surface area contributed by atoms with Crippen molar-refractivity contribution < 1.29 is 50.8 Å². The number of hydrogen-bond acceptors (Lipinski definition) is 4. The monoisotopic (exact) mass is 473 g/mol. The third-order valence-electron chi connectivity index (χ3n) is 1.99. The molecule has 9 heteroatoms. The number of carbonyl (C=O) groups excluding carboxylic acids is 1. The Morgan fingerprint density at radius 2 is 1.25 bits per heavy atom. The Balaban J connectivity index is -0.000000139. The van der Waals surface area contributed by atoms with E-state index in [1.165, 1.54) is 0 Å². The topological polar surface area (TPSA) is 169 Å². The Hall–Kier alpha value is -0.822. The van der Waals surface area contributed by atoms with Gasteiger partial charge in [0.15, 0.2) is 5.78 Å². The van der Waals surface area contributed by atoms with Gasteiger partial charge in [-0.2, -0.15) is 6.54 Å². The van der Waals surface area contributed by atoms with Crippen LogP contribution in [0.5, 0.6) is 0 Å². The number of aliphatic hydroxyl groups excluding tert-OH is 1. The maximum atomic E-state index is 10.6. The van der Waals surface area contributed by atoms with Crippen LogP contribution in [0.4, 0.5) is 0 Å². The van der Waals surface area contributed by atoms with Gasteiger partial charge in [0.25, 0.3) is 0 Å². The van der Waals surface area contributed by atoms with Crippen LogP contribution in [0.15, 0.2) is 0 Å². The molecule has 0 atom stereocenters. The first kappa shape index (κ1) is 27.5. The molecule has 0 unspecified atom stereocenters. The summed E-state index contributed by atoms with van der Waals surface area (Å²) in [7, 11) is 0. The maximum absolute atomic E-state index is 10.6. The van der Waals surface area contributed by atoms with Crippen molar-refractivity contribution in [1.29, 1.82) is 0 Å². The van der Waals surface area contributed by atoms with Gasteiger partial charge in [-0.15, -0.1) is 0 Å². The number of carboxylic acid groups (broad SMARTS) is 2. The zero-order chi connectivity index (χ0) is 14.4. The predicted octanol–water partition coefficient (Wildman–Crippen LogP) is 1.81. The Morgan fingerprint density at radius 3 is 1.60 bits per heavy atom. The molecule has 0 heterocycles. The number of ketones is 1. The number of aliphatic carboxylic acids is 2. The number of nitrogens with one attached hydrogen (secondary N) is 1. The summed E-state index contributed by atoms with van der Waals surface area (Å²) < 4.78 is 0. The molecule has 0 aromatic carbocycles. The van der Waals surface area contributed by atoms with Crippen LogP contribution in [-0.4, -0.2) is 46.2 Å². The number of unbranched alkanes of at least 4 members (excludes halogenated alkanes) is 4. The summed E-state index contributed by atoms with van der Waals surface area (Å²) in [5.74, 6) is -3.71. The molecule has 0 aromatic rings. The Bertz CT molecular complexity index is 251. The first-order chi connectivity index (χ1) is 8.45. The van der Waals surface area contributed by atoms with E-state index in [-0.39, 0.29) is 39.6 Å². The number of nitrogens with two attached hydrogens (primary N) is 1. The fourth-order valence-electron chi connectivity index (χ4n) is 1.06. The third-order valence-corrected chi connectivity index (χ3v) is 1.99. The van der Waals surface area contributed by atoms with Gasteiger partial charge in [-0.1, -0.05) is 25.7 Å². The summed E-state index contributed by atoms with van der Waals surface area (Å²) in [6, 6.07) is 0. The van der Waals surface area contributed by atoms with E-state index >= 15 is 0 Å². The van der Waals surface area contributed by atoms with Crippen LogP contribution < -0.4 is 0 Å². The summed E-state index contributed by atoms with van der Waals surface area (Å²) in [6.45, 7) is 0.197. The molecule has 0 aromatic heterocycles. The zero-order valence-electron chi connectivity index (χ0n) is 11.1. The molecule has 0 fully saturated rings. The second-order valence-corrected chi connectivity index (χ2v) is 3.57. The number of hydrogen-bond donors (Lipinski definition) is 3. The normalized spacial score (nSPS) is 8.30. The van der Waals surface area contributed by atoms with Gasteiger partial charge in [-0.25, -0.2) is 9.59 Å². The molecule has 0 aliphatic heterocycles. The minimum absolute atomic E-state index is 0. The molecule has 122 valence electrons. The second-order valence-electron chi connectivity index (χ2n) is 3.57. The summed E-state index contributed by atoms with van der Waals surface area (Å²) in [6.07, 6.45) is 5.61. The second kappa shape index (κ2) is 20.5. The van der Waals surface area contributed by atoms with Crippen LogP contribution in [0.1, 0.15) is 38.5 Å². The van der Waals surface area contributed by atoms with E-state index in [4.69, 9.17) is 30.6 Å². The quantitative estimate of drug-likeness (QED) is 0.359. The van der Waals surface area contributed by atoms with E-state index in [1.807, 2.05) is 0 Å². The summed E-state index contributed by atoms with van der Waals surface area (Å²) in [4.78, 5) is 28.8. The van der Waals surface area contributed by atoms with E-state index in [2.05, 4.69) is 0 Å². The van der Waals surface area contributed by atoms with Crippen molar-refractivity contribution in [2.45, 2.75) is 38.5 Å². The molecule has 0 saturated heterocycles. The average Bonchev–Trinajstić information content (AvgIpc) is 2.33. The predicted molar refractivity (Wildman–Crippen MR) is 69.5 cm³/mol. The first-order valence-electron chi connectivity index (χ1n) is 5.69. The van der Waals surface area contributed by atoms with Crippen molar-refractivity contribution in [3.8, 4) is 0 Å². The zero-order valence-corrected chi connectivity index (χ0v) is 13.4. The van der Waals surface area contributed by atoms with Crippen LogP contribution in [0.25, 0.3) is 11.9 Å². The molecule has 0 spiro atoms. The maximum Gasteiger partial charge on any atom is 2.00 e. The van der Waals surface area contributed by atoms with Gasteiger partial charge >= 0.3 is 33.0 Å². The first-order valence-corrected chi connectivity index (χ1v) is 5.69. The van der Waals surface area contributed by atoms with Crippen molar-refractivity contribution >= 4 is 17.7 Å². The van der Waals surface area contributed by atoms with Gasteiger partial charge in [0.2, 0.25) is 0 Å². The molecule has 0 aliphatic carbocycles. The van der Waals surface area contributed by atoms with Crippen LogP contribution in [0, 0.1) is 0 Å². The van der Waals surface area contributed by atoms with Crippen molar-refractivity contribution in [1.82, 2.24) is 0 Å². The summed E-state index contributed by atoms with van der Waals surface area (Å²) in [5, 5.41) is 23.2. The average molecular weight is 473 g/mol. The van der Waals surface area contributed by atoms with Crippen molar-refractivity contribution in [2.24, 2.45) is 0 Å². The fourth-order valence-corrected chi connectivity index (χ4v) is 1.06. The number of carbonyl (C=O) groups is 3. The standard InChI is InChI=1S/C9H18NO2.C2H2O4.H2N.Pt/c10-7-5-3-1-2-4-6-9(12)8-11;3-1(4)2(5)6;;/h10-11H,1-8H2;(H,3,4)(H,5,6);1H2;/q-1;;-1;+2. The largest absolute Gasteiger partial charge is 2.00 e. The number of aliphatic hydroxyl groups is 1. The SMILES string of the molecule is O=C(O)C(=O)O.[NH-]CCCCCCCC(=O)CO.[NH2-].[Pt+2]. The van der Waals surface area contributed by atoms with Gasteiger partial charge in [-0.3, -0.25) is 4.79 Å².